The van der Waals surface area contributed by atoms with Crippen molar-refractivity contribution in [2.45, 2.75) is 20.5 Å². The summed E-state index contributed by atoms with van der Waals surface area (Å²) in [6.45, 7) is 4.64. The molecule has 7 heteroatoms. The van der Waals surface area contributed by atoms with Gasteiger partial charge < -0.3 is 14.8 Å². The van der Waals surface area contributed by atoms with Crippen molar-refractivity contribution in [1.82, 2.24) is 8.75 Å². The number of nitrogens with zero attached hydrogens (tertiary/aromatic N) is 2. The highest BCUT2D eigenvalue weighted by Gasteiger charge is 2.11. The van der Waals surface area contributed by atoms with Crippen molar-refractivity contribution in [3.8, 4) is 11.5 Å². The van der Waals surface area contributed by atoms with Gasteiger partial charge in [0.15, 0.2) is 0 Å². The molecule has 0 saturated heterocycles. The molecule has 3 aromatic rings. The van der Waals surface area contributed by atoms with E-state index in [4.69, 9.17) is 9.47 Å². The molecule has 0 aliphatic heterocycles. The van der Waals surface area contributed by atoms with Gasteiger partial charge in [0, 0.05) is 5.56 Å². The molecule has 26 heavy (non-hydrogen) atoms. The quantitative estimate of drug-likeness (QED) is 0.679. The zero-order valence-corrected chi connectivity index (χ0v) is 15.4. The van der Waals surface area contributed by atoms with Gasteiger partial charge in [0.25, 0.3) is 5.91 Å². The van der Waals surface area contributed by atoms with Crippen molar-refractivity contribution in [2.24, 2.45) is 0 Å². The van der Waals surface area contributed by atoms with Crippen molar-refractivity contribution in [3.63, 3.8) is 0 Å². The lowest BCUT2D eigenvalue weighted by molar-refractivity contribution is 0.102. The Kier molecular flexibility index (Phi) is 5.80. The fraction of sp³-hybridized carbons (Fsp3) is 0.211. The number of anilines is 1. The Hall–Kier alpha value is -2.93. The van der Waals surface area contributed by atoms with E-state index in [1.54, 1.807) is 30.3 Å². The van der Waals surface area contributed by atoms with Crippen molar-refractivity contribution < 1.29 is 14.3 Å². The maximum atomic E-state index is 12.6. The van der Waals surface area contributed by atoms with Crippen LogP contribution in [0.4, 0.5) is 5.69 Å². The minimum absolute atomic E-state index is 0.228. The molecule has 1 aromatic heterocycles. The van der Waals surface area contributed by atoms with E-state index < -0.39 is 0 Å². The largest absolute Gasteiger partial charge is 0.492 e. The van der Waals surface area contributed by atoms with E-state index in [1.165, 1.54) is 0 Å². The van der Waals surface area contributed by atoms with Crippen LogP contribution in [0.2, 0.25) is 0 Å². The Balaban J connectivity index is 1.69. The summed E-state index contributed by atoms with van der Waals surface area (Å²) in [5.74, 6) is 1.01. The lowest BCUT2D eigenvalue weighted by atomic mass is 10.2. The fourth-order valence-corrected chi connectivity index (χ4v) is 2.86. The van der Waals surface area contributed by atoms with E-state index in [9.17, 15) is 4.79 Å². The molecule has 6 nitrogen and oxygen atoms in total. The van der Waals surface area contributed by atoms with Gasteiger partial charge in [-0.2, -0.15) is 8.75 Å². The third kappa shape index (κ3) is 4.37. The second-order valence-electron chi connectivity index (χ2n) is 5.50. The van der Waals surface area contributed by atoms with Crippen LogP contribution < -0.4 is 14.8 Å². The first-order chi connectivity index (χ1) is 12.7. The lowest BCUT2D eigenvalue weighted by Gasteiger charge is -2.12. The molecule has 1 heterocycles. The van der Waals surface area contributed by atoms with Gasteiger partial charge in [-0.05, 0) is 44.2 Å². The molecular formula is C19H19N3O3S. The van der Waals surface area contributed by atoms with E-state index in [1.807, 2.05) is 32.0 Å². The highest BCUT2D eigenvalue weighted by Crippen LogP contribution is 2.25. The summed E-state index contributed by atoms with van der Waals surface area (Å²) in [7, 11) is 0. The predicted molar refractivity (Wildman–Crippen MR) is 101 cm³/mol. The molecule has 1 N–H and O–H groups in total. The highest BCUT2D eigenvalue weighted by molar-refractivity contribution is 6.99. The van der Waals surface area contributed by atoms with Gasteiger partial charge in [0.2, 0.25) is 0 Å². The summed E-state index contributed by atoms with van der Waals surface area (Å²) >= 11 is 1.16. The molecule has 0 atom stereocenters. The first-order valence-electron chi connectivity index (χ1n) is 8.21. The van der Waals surface area contributed by atoms with Gasteiger partial charge in [-0.1, -0.05) is 18.2 Å². The average molecular weight is 369 g/mol. The van der Waals surface area contributed by atoms with Gasteiger partial charge >= 0.3 is 0 Å². The molecule has 0 aliphatic carbocycles. The molecule has 2 aromatic carbocycles. The summed E-state index contributed by atoms with van der Waals surface area (Å²) in [6, 6.07) is 14.4. The van der Waals surface area contributed by atoms with Crippen LogP contribution in [0.25, 0.3) is 0 Å². The smallest absolute Gasteiger partial charge is 0.255 e. The van der Waals surface area contributed by atoms with E-state index >= 15 is 0 Å². The summed E-state index contributed by atoms with van der Waals surface area (Å²) in [6.07, 6.45) is 0. The van der Waals surface area contributed by atoms with Gasteiger partial charge in [0.1, 0.15) is 23.8 Å². The highest BCUT2D eigenvalue weighted by atomic mass is 32.1. The second kappa shape index (κ2) is 8.44. The fourth-order valence-electron chi connectivity index (χ4n) is 2.31. The van der Waals surface area contributed by atoms with E-state index in [0.717, 1.165) is 23.1 Å². The zero-order valence-electron chi connectivity index (χ0n) is 14.6. The molecule has 0 unspecified atom stereocenters. The maximum absolute atomic E-state index is 12.6. The van der Waals surface area contributed by atoms with Gasteiger partial charge in [-0.15, -0.1) is 0 Å². The molecule has 3 rings (SSSR count). The third-order valence-electron chi connectivity index (χ3n) is 3.65. The first kappa shape index (κ1) is 17.9. The Morgan fingerprint density at radius 2 is 1.96 bits per heavy atom. The van der Waals surface area contributed by atoms with Crippen LogP contribution in [-0.2, 0) is 6.61 Å². The molecule has 134 valence electrons. The standard InChI is InChI=1S/C19H19N3O3S/c1-3-24-18-10-5-4-9-16(18)20-19(23)14-7-6-8-15(11-14)25-12-17-13(2)21-26-22-17/h4-11H,3,12H2,1-2H3,(H,20,23). The van der Waals surface area contributed by atoms with Crippen LogP contribution in [0.15, 0.2) is 48.5 Å². The monoisotopic (exact) mass is 369 g/mol. The van der Waals surface area contributed by atoms with Crippen molar-refractivity contribution in [1.29, 1.82) is 0 Å². The van der Waals surface area contributed by atoms with Crippen molar-refractivity contribution in [3.05, 3.63) is 65.5 Å². The van der Waals surface area contributed by atoms with Crippen molar-refractivity contribution >= 4 is 23.3 Å². The van der Waals surface area contributed by atoms with E-state index in [2.05, 4.69) is 14.1 Å². The summed E-state index contributed by atoms with van der Waals surface area (Å²) < 4.78 is 19.6. The maximum Gasteiger partial charge on any atom is 0.255 e. The molecule has 0 bridgehead atoms. The molecular weight excluding hydrogens is 350 g/mol. The number of hydrogen-bond donors (Lipinski definition) is 1. The average Bonchev–Trinajstić information content (AvgIpc) is 3.07. The number of carbonyl (C=O) groups is 1. The number of benzene rings is 2. The number of carbonyl (C=O) groups excluding carboxylic acids is 1. The van der Waals surface area contributed by atoms with Crippen LogP contribution in [0.1, 0.15) is 28.7 Å². The Bertz CT molecular complexity index is 895. The minimum Gasteiger partial charge on any atom is -0.492 e. The number of amides is 1. The molecule has 0 fully saturated rings. The second-order valence-corrected chi connectivity index (χ2v) is 6.02. The van der Waals surface area contributed by atoms with Crippen LogP contribution in [-0.4, -0.2) is 21.3 Å². The molecule has 0 aliphatic rings. The summed E-state index contributed by atoms with van der Waals surface area (Å²) in [5, 5.41) is 2.88. The Morgan fingerprint density at radius 3 is 2.73 bits per heavy atom. The topological polar surface area (TPSA) is 73.3 Å². The molecule has 0 spiro atoms. The summed E-state index contributed by atoms with van der Waals surface area (Å²) in [4.78, 5) is 12.6. The molecule has 1 amide bonds. The zero-order chi connectivity index (χ0) is 18.4. The number of nitrogens with one attached hydrogen (secondary N) is 1. The molecule has 0 radical (unpaired) electrons. The van der Waals surface area contributed by atoms with E-state index in [-0.39, 0.29) is 5.91 Å². The SMILES string of the molecule is CCOc1ccccc1NC(=O)c1cccc(OCc2nsnc2C)c1. The van der Waals surface area contributed by atoms with Crippen LogP contribution in [0, 0.1) is 6.92 Å². The predicted octanol–water partition coefficient (Wildman–Crippen LogP) is 4.08. The minimum atomic E-state index is -0.228. The Labute approximate surface area is 156 Å². The first-order valence-corrected chi connectivity index (χ1v) is 8.94. The van der Waals surface area contributed by atoms with Gasteiger partial charge in [-0.25, -0.2) is 0 Å². The third-order valence-corrected chi connectivity index (χ3v) is 4.31. The van der Waals surface area contributed by atoms with Crippen LogP contribution >= 0.6 is 11.7 Å². The van der Waals surface area contributed by atoms with Crippen LogP contribution in [0.3, 0.4) is 0 Å². The Morgan fingerprint density at radius 1 is 1.12 bits per heavy atom. The number of ether oxygens (including phenoxy) is 2. The number of aromatic nitrogens is 2. The number of hydrogen-bond acceptors (Lipinski definition) is 6. The van der Waals surface area contributed by atoms with Gasteiger partial charge in [-0.3, -0.25) is 4.79 Å². The number of para-hydroxylation sites is 2. The van der Waals surface area contributed by atoms with Crippen LogP contribution in [0.5, 0.6) is 11.5 Å². The van der Waals surface area contributed by atoms with E-state index in [0.29, 0.717) is 36.0 Å². The molecule has 0 saturated carbocycles. The number of aryl methyl sites for hydroxylation is 1. The van der Waals surface area contributed by atoms with Crippen molar-refractivity contribution in [2.75, 3.05) is 11.9 Å². The van der Waals surface area contributed by atoms with Gasteiger partial charge in [0.05, 0.1) is 29.7 Å². The number of rotatable bonds is 7. The lowest BCUT2D eigenvalue weighted by Crippen LogP contribution is -2.13. The summed E-state index contributed by atoms with van der Waals surface area (Å²) in [5.41, 5.74) is 2.80. The normalized spacial score (nSPS) is 10.4.